The van der Waals surface area contributed by atoms with Gasteiger partial charge >= 0.3 is 0 Å². The zero-order chi connectivity index (χ0) is 22.1. The normalized spacial score (nSPS) is 11.2. The highest BCUT2D eigenvalue weighted by Gasteiger charge is 2.19. The number of thiophene rings is 1. The third-order valence-corrected chi connectivity index (χ3v) is 7.30. The molecule has 3 aromatic heterocycles. The first-order valence-electron chi connectivity index (χ1n) is 9.87. The lowest BCUT2D eigenvalue weighted by Gasteiger charge is -2.13. The summed E-state index contributed by atoms with van der Waals surface area (Å²) in [6.45, 7) is 8.13. The van der Waals surface area contributed by atoms with Crippen LogP contribution in [0.1, 0.15) is 27.3 Å². The Labute approximate surface area is 188 Å². The van der Waals surface area contributed by atoms with E-state index in [0.29, 0.717) is 21.1 Å². The van der Waals surface area contributed by atoms with Crippen LogP contribution in [0.3, 0.4) is 0 Å². The number of carbonyl (C=O) groups is 1. The first-order valence-corrected chi connectivity index (χ1v) is 11.7. The van der Waals surface area contributed by atoms with E-state index < -0.39 is 0 Å². The summed E-state index contributed by atoms with van der Waals surface area (Å²) in [6.07, 6.45) is 1.58. The number of hydrogen-bond acceptors (Lipinski definition) is 6. The lowest BCUT2D eigenvalue weighted by atomic mass is 10.1. The number of fused-ring (bicyclic) bond motifs is 1. The van der Waals surface area contributed by atoms with Gasteiger partial charge < -0.3 is 9.73 Å². The predicted octanol–water partition coefficient (Wildman–Crippen LogP) is 5.06. The van der Waals surface area contributed by atoms with E-state index in [1.54, 1.807) is 16.9 Å². The highest BCUT2D eigenvalue weighted by atomic mass is 32.2. The van der Waals surface area contributed by atoms with Crippen LogP contribution in [0.5, 0.6) is 0 Å². The van der Waals surface area contributed by atoms with Gasteiger partial charge in [-0.3, -0.25) is 14.2 Å². The summed E-state index contributed by atoms with van der Waals surface area (Å²) in [4.78, 5) is 32.5. The van der Waals surface area contributed by atoms with Gasteiger partial charge in [0.25, 0.3) is 5.56 Å². The van der Waals surface area contributed by atoms with Crippen LogP contribution in [0.4, 0.5) is 5.69 Å². The van der Waals surface area contributed by atoms with Gasteiger partial charge in [-0.05, 0) is 56.5 Å². The zero-order valence-electron chi connectivity index (χ0n) is 17.8. The first-order chi connectivity index (χ1) is 14.8. The summed E-state index contributed by atoms with van der Waals surface area (Å²) in [5, 5.41) is 4.13. The number of nitrogens with zero attached hydrogens (tertiary/aromatic N) is 2. The van der Waals surface area contributed by atoms with Gasteiger partial charge in [0.05, 0.1) is 23.9 Å². The van der Waals surface area contributed by atoms with Gasteiger partial charge in [-0.1, -0.05) is 30.0 Å². The summed E-state index contributed by atoms with van der Waals surface area (Å²) in [7, 11) is 0. The lowest BCUT2D eigenvalue weighted by Crippen LogP contribution is -2.24. The zero-order valence-corrected chi connectivity index (χ0v) is 19.4. The molecular formula is C23H23N3O3S2. The SMILES string of the molecule is Cc1cccc(C)c1NC(=O)CSc1nc2sc(C)c(C)c2c(=O)n1Cc1ccco1. The minimum atomic E-state index is -0.139. The summed E-state index contributed by atoms with van der Waals surface area (Å²) in [6, 6.07) is 9.51. The van der Waals surface area contributed by atoms with Crippen molar-refractivity contribution in [1.29, 1.82) is 0 Å². The van der Waals surface area contributed by atoms with Crippen molar-refractivity contribution in [2.45, 2.75) is 39.4 Å². The molecule has 0 atom stereocenters. The second-order valence-corrected chi connectivity index (χ2v) is 9.58. The third-order valence-electron chi connectivity index (χ3n) is 5.23. The largest absolute Gasteiger partial charge is 0.467 e. The van der Waals surface area contributed by atoms with Gasteiger partial charge in [0, 0.05) is 10.6 Å². The van der Waals surface area contributed by atoms with Crippen LogP contribution in [-0.4, -0.2) is 21.2 Å². The number of hydrogen-bond donors (Lipinski definition) is 1. The van der Waals surface area contributed by atoms with Crippen molar-refractivity contribution in [2.75, 3.05) is 11.1 Å². The van der Waals surface area contributed by atoms with Crippen molar-refractivity contribution in [2.24, 2.45) is 0 Å². The number of anilines is 1. The predicted molar refractivity (Wildman–Crippen MR) is 126 cm³/mol. The van der Waals surface area contributed by atoms with Gasteiger partial charge in [-0.2, -0.15) is 0 Å². The average Bonchev–Trinajstić information content (AvgIpc) is 3.34. The number of rotatable bonds is 6. The highest BCUT2D eigenvalue weighted by Crippen LogP contribution is 2.29. The molecule has 0 aliphatic carbocycles. The van der Waals surface area contributed by atoms with Crippen LogP contribution in [0.15, 0.2) is 51.0 Å². The summed E-state index contributed by atoms with van der Waals surface area (Å²) >= 11 is 2.76. The number of nitrogens with one attached hydrogen (secondary N) is 1. The minimum Gasteiger partial charge on any atom is -0.467 e. The van der Waals surface area contributed by atoms with Gasteiger partial charge in [0.15, 0.2) is 5.16 Å². The molecule has 0 unspecified atom stereocenters. The molecule has 4 aromatic rings. The topological polar surface area (TPSA) is 77.1 Å². The van der Waals surface area contributed by atoms with Gasteiger partial charge in [0.2, 0.25) is 5.91 Å². The quantitative estimate of drug-likeness (QED) is 0.326. The Morgan fingerprint density at radius 3 is 2.58 bits per heavy atom. The van der Waals surface area contributed by atoms with E-state index in [4.69, 9.17) is 9.40 Å². The van der Waals surface area contributed by atoms with E-state index in [2.05, 4.69) is 5.32 Å². The van der Waals surface area contributed by atoms with Gasteiger partial charge in [0.1, 0.15) is 10.6 Å². The Balaban J connectivity index is 1.64. The molecule has 4 rings (SSSR count). The van der Waals surface area contributed by atoms with Crippen LogP contribution in [0.2, 0.25) is 0 Å². The Kier molecular flexibility index (Phi) is 6.02. The molecule has 1 amide bonds. The Morgan fingerprint density at radius 1 is 1.16 bits per heavy atom. The maximum absolute atomic E-state index is 13.3. The van der Waals surface area contributed by atoms with E-state index in [-0.39, 0.29) is 23.8 Å². The molecule has 1 aromatic carbocycles. The Hall–Kier alpha value is -2.84. The van der Waals surface area contributed by atoms with E-state index in [1.807, 2.05) is 52.0 Å². The van der Waals surface area contributed by atoms with Crippen molar-refractivity contribution in [3.05, 3.63) is 74.3 Å². The summed E-state index contributed by atoms with van der Waals surface area (Å²) < 4.78 is 7.05. The Bertz CT molecular complexity index is 1300. The number of carbonyl (C=O) groups excluding carboxylic acids is 1. The molecule has 0 saturated carbocycles. The van der Waals surface area contributed by atoms with E-state index in [0.717, 1.165) is 27.3 Å². The Morgan fingerprint density at radius 2 is 1.90 bits per heavy atom. The van der Waals surface area contributed by atoms with E-state index >= 15 is 0 Å². The number of benzene rings is 1. The number of thioether (sulfide) groups is 1. The molecular weight excluding hydrogens is 430 g/mol. The van der Waals surface area contributed by atoms with Crippen molar-refractivity contribution in [3.63, 3.8) is 0 Å². The maximum atomic E-state index is 13.3. The molecule has 0 fully saturated rings. The molecule has 0 spiro atoms. The fourth-order valence-electron chi connectivity index (χ4n) is 3.43. The van der Waals surface area contributed by atoms with Crippen molar-refractivity contribution in [1.82, 2.24) is 9.55 Å². The smallest absolute Gasteiger partial charge is 0.263 e. The van der Waals surface area contributed by atoms with E-state index in [1.165, 1.54) is 23.1 Å². The van der Waals surface area contributed by atoms with Gasteiger partial charge in [-0.15, -0.1) is 11.3 Å². The highest BCUT2D eigenvalue weighted by molar-refractivity contribution is 7.99. The second kappa shape index (κ2) is 8.72. The molecule has 31 heavy (non-hydrogen) atoms. The number of para-hydroxylation sites is 1. The van der Waals surface area contributed by atoms with Crippen LogP contribution in [-0.2, 0) is 11.3 Å². The van der Waals surface area contributed by atoms with Crippen molar-refractivity contribution < 1.29 is 9.21 Å². The average molecular weight is 454 g/mol. The number of furan rings is 1. The second-order valence-electron chi connectivity index (χ2n) is 7.43. The van der Waals surface area contributed by atoms with Gasteiger partial charge in [-0.25, -0.2) is 4.98 Å². The van der Waals surface area contributed by atoms with Crippen LogP contribution in [0.25, 0.3) is 10.2 Å². The summed E-state index contributed by atoms with van der Waals surface area (Å²) in [5.41, 5.74) is 3.69. The fourth-order valence-corrected chi connectivity index (χ4v) is 5.30. The van der Waals surface area contributed by atoms with Crippen molar-refractivity contribution in [3.8, 4) is 0 Å². The van der Waals surface area contributed by atoms with Crippen molar-refractivity contribution >= 4 is 44.9 Å². The molecule has 6 nitrogen and oxygen atoms in total. The number of amides is 1. The lowest BCUT2D eigenvalue weighted by molar-refractivity contribution is -0.113. The maximum Gasteiger partial charge on any atom is 0.263 e. The molecule has 3 heterocycles. The molecule has 0 bridgehead atoms. The van der Waals surface area contributed by atoms with Crippen LogP contribution in [0, 0.1) is 27.7 Å². The van der Waals surface area contributed by atoms with Crippen LogP contribution >= 0.6 is 23.1 Å². The summed E-state index contributed by atoms with van der Waals surface area (Å²) in [5.74, 6) is 0.669. The fraction of sp³-hybridized carbons (Fsp3) is 0.261. The third kappa shape index (κ3) is 4.31. The van der Waals surface area contributed by atoms with Crippen LogP contribution < -0.4 is 10.9 Å². The molecule has 0 radical (unpaired) electrons. The minimum absolute atomic E-state index is 0.110. The molecule has 1 N–H and O–H groups in total. The number of aryl methyl sites for hydroxylation is 4. The molecule has 8 heteroatoms. The monoisotopic (exact) mass is 453 g/mol. The standard InChI is InChI=1S/C23H23N3O3S2/c1-13-7-5-8-14(2)20(13)24-18(27)12-30-23-25-21-19(15(3)16(4)31-21)22(28)26(23)11-17-9-6-10-29-17/h5-10H,11-12H2,1-4H3,(H,24,27). The molecule has 0 aliphatic rings. The van der Waals surface area contributed by atoms with E-state index in [9.17, 15) is 9.59 Å². The molecule has 0 aliphatic heterocycles. The first kappa shape index (κ1) is 21.4. The molecule has 0 saturated heterocycles. The number of aromatic nitrogens is 2. The molecule has 160 valence electrons.